The maximum Gasteiger partial charge on any atom is 0.191 e. The van der Waals surface area contributed by atoms with E-state index in [2.05, 4.69) is 49.7 Å². The fourth-order valence-electron chi connectivity index (χ4n) is 5.38. The third-order valence-corrected chi connectivity index (χ3v) is 7.34. The quantitative estimate of drug-likeness (QED) is 0.298. The van der Waals surface area contributed by atoms with Gasteiger partial charge >= 0.3 is 0 Å². The lowest BCUT2D eigenvalue weighted by Gasteiger charge is -2.48. The molecule has 1 aromatic carbocycles. The van der Waals surface area contributed by atoms with Gasteiger partial charge in [0.25, 0.3) is 0 Å². The van der Waals surface area contributed by atoms with Crippen LogP contribution >= 0.6 is 24.0 Å². The Morgan fingerprint density at radius 3 is 2.21 bits per heavy atom. The van der Waals surface area contributed by atoms with Crippen LogP contribution < -0.4 is 10.6 Å². The average Bonchev–Trinajstić information content (AvgIpc) is 2.87. The lowest BCUT2D eigenvalue weighted by Crippen LogP contribution is -2.60. The highest BCUT2D eigenvalue weighted by Gasteiger charge is 2.38. The van der Waals surface area contributed by atoms with E-state index in [-0.39, 0.29) is 29.5 Å². The molecule has 2 saturated heterocycles. The molecule has 7 nitrogen and oxygen atoms in total. The Bertz CT molecular complexity index is 729. The zero-order chi connectivity index (χ0) is 22.1. The van der Waals surface area contributed by atoms with Gasteiger partial charge in [0.1, 0.15) is 0 Å². The lowest BCUT2D eigenvalue weighted by molar-refractivity contribution is -0.0352. The summed E-state index contributed by atoms with van der Waals surface area (Å²) >= 11 is 0. The minimum Gasteiger partial charge on any atom is -0.379 e. The van der Waals surface area contributed by atoms with Crippen molar-refractivity contribution < 1.29 is 9.47 Å². The number of halogens is 1. The van der Waals surface area contributed by atoms with Crippen LogP contribution in [0.3, 0.4) is 0 Å². The molecule has 1 aromatic rings. The number of ether oxygens (including phenoxy) is 2. The molecule has 186 valence electrons. The summed E-state index contributed by atoms with van der Waals surface area (Å²) in [6.45, 7) is 10.2. The molecule has 1 aliphatic carbocycles. The normalized spacial score (nSPS) is 22.4. The SMILES string of the molecule is CN=C(NCc1ccccc1CN1CCOCC1)NCC1(N2CCOCC2)CCCCC1.I. The topological polar surface area (TPSA) is 61.4 Å². The van der Waals surface area contributed by atoms with Crippen molar-refractivity contribution in [1.29, 1.82) is 0 Å². The summed E-state index contributed by atoms with van der Waals surface area (Å²) in [5.41, 5.74) is 2.95. The van der Waals surface area contributed by atoms with Gasteiger partial charge in [-0.1, -0.05) is 43.5 Å². The summed E-state index contributed by atoms with van der Waals surface area (Å²) in [6.07, 6.45) is 6.53. The fourth-order valence-corrected chi connectivity index (χ4v) is 5.38. The van der Waals surface area contributed by atoms with Crippen molar-refractivity contribution >= 4 is 29.9 Å². The molecule has 0 atom stereocenters. The number of benzene rings is 1. The van der Waals surface area contributed by atoms with Gasteiger partial charge in [-0.2, -0.15) is 0 Å². The number of hydrogen-bond donors (Lipinski definition) is 2. The van der Waals surface area contributed by atoms with Crippen LogP contribution in [-0.4, -0.2) is 87.5 Å². The van der Waals surface area contributed by atoms with Crippen LogP contribution in [0.4, 0.5) is 0 Å². The summed E-state index contributed by atoms with van der Waals surface area (Å²) in [5.74, 6) is 0.893. The maximum atomic E-state index is 5.63. The van der Waals surface area contributed by atoms with Crippen molar-refractivity contribution in [2.75, 3.05) is 66.2 Å². The van der Waals surface area contributed by atoms with E-state index in [1.54, 1.807) is 0 Å². The molecule has 0 radical (unpaired) electrons. The van der Waals surface area contributed by atoms with Gasteiger partial charge in [-0.05, 0) is 24.0 Å². The molecule has 0 aromatic heterocycles. The molecule has 2 heterocycles. The molecule has 0 unspecified atom stereocenters. The van der Waals surface area contributed by atoms with Crippen molar-refractivity contribution in [3.05, 3.63) is 35.4 Å². The second-order valence-electron chi connectivity index (χ2n) is 9.32. The van der Waals surface area contributed by atoms with Crippen LogP contribution in [0.5, 0.6) is 0 Å². The molecule has 4 rings (SSSR count). The second kappa shape index (κ2) is 13.8. The van der Waals surface area contributed by atoms with E-state index >= 15 is 0 Å². The van der Waals surface area contributed by atoms with Crippen molar-refractivity contribution in [2.45, 2.75) is 50.7 Å². The van der Waals surface area contributed by atoms with Crippen molar-refractivity contribution in [2.24, 2.45) is 4.99 Å². The Balaban J connectivity index is 0.00000306. The number of nitrogens with zero attached hydrogens (tertiary/aromatic N) is 3. The summed E-state index contributed by atoms with van der Waals surface area (Å²) < 4.78 is 11.1. The third kappa shape index (κ3) is 7.52. The summed E-state index contributed by atoms with van der Waals surface area (Å²) in [4.78, 5) is 9.68. The monoisotopic (exact) mass is 571 g/mol. The van der Waals surface area contributed by atoms with Gasteiger partial charge in [0.2, 0.25) is 0 Å². The number of nitrogens with one attached hydrogen (secondary N) is 2. The van der Waals surface area contributed by atoms with E-state index < -0.39 is 0 Å². The molecule has 3 fully saturated rings. The average molecular weight is 572 g/mol. The first kappa shape index (κ1) is 26.7. The summed E-state index contributed by atoms with van der Waals surface area (Å²) in [6, 6.07) is 8.75. The third-order valence-electron chi connectivity index (χ3n) is 7.34. The maximum absolute atomic E-state index is 5.63. The van der Waals surface area contributed by atoms with E-state index in [1.165, 1.54) is 43.2 Å². The van der Waals surface area contributed by atoms with E-state index in [0.717, 1.165) is 78.2 Å². The molecule has 2 aliphatic heterocycles. The van der Waals surface area contributed by atoms with Gasteiger partial charge in [-0.25, -0.2) is 0 Å². The van der Waals surface area contributed by atoms with Gasteiger partial charge in [0.05, 0.1) is 26.4 Å². The Kier molecular flexibility index (Phi) is 11.2. The molecule has 2 N–H and O–H groups in total. The minimum absolute atomic E-state index is 0. The number of aliphatic imine (C=N–C) groups is 1. The van der Waals surface area contributed by atoms with E-state index in [4.69, 9.17) is 9.47 Å². The van der Waals surface area contributed by atoms with Crippen LogP contribution in [-0.2, 0) is 22.6 Å². The summed E-state index contributed by atoms with van der Waals surface area (Å²) in [7, 11) is 1.87. The fraction of sp³-hybridized carbons (Fsp3) is 0.720. The van der Waals surface area contributed by atoms with E-state index in [1.807, 2.05) is 7.05 Å². The van der Waals surface area contributed by atoms with Gasteiger partial charge in [-0.15, -0.1) is 24.0 Å². The molecule has 8 heteroatoms. The first-order chi connectivity index (χ1) is 15.8. The van der Waals surface area contributed by atoms with Crippen molar-refractivity contribution in [1.82, 2.24) is 20.4 Å². The molecular formula is C25H42IN5O2. The zero-order valence-corrected chi connectivity index (χ0v) is 22.5. The highest BCUT2D eigenvalue weighted by atomic mass is 127. The Morgan fingerprint density at radius 1 is 0.909 bits per heavy atom. The smallest absolute Gasteiger partial charge is 0.191 e. The molecule has 1 saturated carbocycles. The van der Waals surface area contributed by atoms with Crippen LogP contribution in [0.1, 0.15) is 43.2 Å². The molecule has 0 spiro atoms. The largest absolute Gasteiger partial charge is 0.379 e. The van der Waals surface area contributed by atoms with Gasteiger partial charge < -0.3 is 20.1 Å². The zero-order valence-electron chi connectivity index (χ0n) is 20.2. The van der Waals surface area contributed by atoms with Gasteiger partial charge in [0.15, 0.2) is 5.96 Å². The van der Waals surface area contributed by atoms with Crippen LogP contribution in [0.25, 0.3) is 0 Å². The van der Waals surface area contributed by atoms with Crippen LogP contribution in [0.2, 0.25) is 0 Å². The molecule has 3 aliphatic rings. The molecule has 33 heavy (non-hydrogen) atoms. The molecule has 0 bridgehead atoms. The number of morpholine rings is 2. The van der Waals surface area contributed by atoms with E-state index in [0.29, 0.717) is 0 Å². The van der Waals surface area contributed by atoms with Crippen molar-refractivity contribution in [3.8, 4) is 0 Å². The first-order valence-corrected chi connectivity index (χ1v) is 12.4. The Hall–Kier alpha value is -0.940. The minimum atomic E-state index is 0. The number of guanidine groups is 1. The number of rotatable bonds is 7. The first-order valence-electron chi connectivity index (χ1n) is 12.4. The highest BCUT2D eigenvalue weighted by Crippen LogP contribution is 2.33. The molecule has 0 amide bonds. The Morgan fingerprint density at radius 2 is 1.55 bits per heavy atom. The second-order valence-corrected chi connectivity index (χ2v) is 9.32. The highest BCUT2D eigenvalue weighted by molar-refractivity contribution is 14.0. The van der Waals surface area contributed by atoms with E-state index in [9.17, 15) is 0 Å². The standard InChI is InChI=1S/C25H41N5O2.HI/c1-26-24(28-21-25(9-5-2-6-10-25)30-13-17-32-18-14-30)27-19-22-7-3-4-8-23(22)20-29-11-15-31-16-12-29;/h3-4,7-8H,2,5-6,9-21H2,1H3,(H2,26,27,28);1H. The van der Waals surface area contributed by atoms with Crippen LogP contribution in [0, 0.1) is 0 Å². The van der Waals surface area contributed by atoms with Gasteiger partial charge in [-0.3, -0.25) is 14.8 Å². The number of hydrogen-bond acceptors (Lipinski definition) is 5. The molecular weight excluding hydrogens is 529 g/mol. The lowest BCUT2D eigenvalue weighted by atomic mass is 9.80. The van der Waals surface area contributed by atoms with Crippen molar-refractivity contribution in [3.63, 3.8) is 0 Å². The predicted octanol–water partition coefficient (Wildman–Crippen LogP) is 2.84. The van der Waals surface area contributed by atoms with Gasteiger partial charge in [0, 0.05) is 58.4 Å². The summed E-state index contributed by atoms with van der Waals surface area (Å²) in [5, 5.41) is 7.25. The Labute approximate surface area is 216 Å². The predicted molar refractivity (Wildman–Crippen MR) is 144 cm³/mol. The van der Waals surface area contributed by atoms with Crippen LogP contribution in [0.15, 0.2) is 29.3 Å².